The number of benzene rings is 1. The molecular weight excluding hydrogens is 264 g/mol. The van der Waals surface area contributed by atoms with Crippen LogP contribution < -0.4 is 5.32 Å². The van der Waals surface area contributed by atoms with Crippen LogP contribution in [0.3, 0.4) is 0 Å². The number of nitrogens with one attached hydrogen (secondary N) is 1. The van der Waals surface area contributed by atoms with Gasteiger partial charge in [-0.1, -0.05) is 20.8 Å². The lowest BCUT2D eigenvalue weighted by molar-refractivity contribution is 0.511. The monoisotopic (exact) mass is 283 g/mol. The summed E-state index contributed by atoms with van der Waals surface area (Å²) in [6.07, 6.45) is 0.895. The van der Waals surface area contributed by atoms with E-state index in [1.807, 2.05) is 0 Å². The van der Waals surface area contributed by atoms with Crippen LogP contribution in [-0.4, -0.2) is 6.54 Å². The van der Waals surface area contributed by atoms with Crippen molar-refractivity contribution in [3.8, 4) is 0 Å². The van der Waals surface area contributed by atoms with Crippen LogP contribution in [-0.2, 0) is 13.0 Å². The Balaban J connectivity index is 2.52. The average Bonchev–Trinajstić information content (AvgIpc) is 2.65. The molecule has 0 aliphatic rings. The lowest BCUT2D eigenvalue weighted by Crippen LogP contribution is -2.12. The fraction of sp³-hybridized carbons (Fsp3) is 0.467. The molecule has 1 aromatic heterocycles. The topological polar surface area (TPSA) is 12.0 Å². The zero-order valence-corrected chi connectivity index (χ0v) is 12.3. The summed E-state index contributed by atoms with van der Waals surface area (Å²) < 4.78 is 27.6. The highest BCUT2D eigenvalue weighted by Gasteiger charge is 2.15. The molecule has 0 amide bonds. The van der Waals surface area contributed by atoms with E-state index in [9.17, 15) is 8.78 Å². The number of thiophene rings is 1. The Morgan fingerprint density at radius 1 is 1.21 bits per heavy atom. The molecule has 1 nitrogen and oxygen atoms in total. The van der Waals surface area contributed by atoms with Crippen molar-refractivity contribution in [2.24, 2.45) is 5.92 Å². The fourth-order valence-corrected chi connectivity index (χ4v) is 3.42. The van der Waals surface area contributed by atoms with Crippen molar-refractivity contribution in [2.75, 3.05) is 6.54 Å². The van der Waals surface area contributed by atoms with Crippen molar-refractivity contribution < 1.29 is 8.78 Å². The van der Waals surface area contributed by atoms with Crippen LogP contribution in [0.15, 0.2) is 12.1 Å². The van der Waals surface area contributed by atoms with Gasteiger partial charge in [-0.05, 0) is 42.0 Å². The van der Waals surface area contributed by atoms with Gasteiger partial charge in [0, 0.05) is 16.1 Å². The summed E-state index contributed by atoms with van der Waals surface area (Å²) in [5.41, 5.74) is 1.16. The molecule has 2 aromatic rings. The zero-order valence-electron chi connectivity index (χ0n) is 11.5. The van der Waals surface area contributed by atoms with Crippen LogP contribution in [0, 0.1) is 17.6 Å². The zero-order chi connectivity index (χ0) is 14.0. The highest BCUT2D eigenvalue weighted by molar-refractivity contribution is 7.19. The number of halogens is 2. The van der Waals surface area contributed by atoms with E-state index >= 15 is 0 Å². The minimum atomic E-state index is -0.764. The molecule has 0 unspecified atom stereocenters. The van der Waals surface area contributed by atoms with E-state index in [0.29, 0.717) is 5.92 Å². The number of fused-ring (bicyclic) bond motifs is 1. The van der Waals surface area contributed by atoms with E-state index in [1.165, 1.54) is 17.0 Å². The molecule has 0 atom stereocenters. The van der Waals surface area contributed by atoms with Crippen LogP contribution in [0.2, 0.25) is 0 Å². The van der Waals surface area contributed by atoms with Gasteiger partial charge in [-0.15, -0.1) is 11.3 Å². The largest absolute Gasteiger partial charge is 0.312 e. The van der Waals surface area contributed by atoms with Gasteiger partial charge >= 0.3 is 0 Å². The van der Waals surface area contributed by atoms with E-state index < -0.39 is 11.6 Å². The first kappa shape index (κ1) is 14.4. The molecule has 19 heavy (non-hydrogen) atoms. The standard InChI is InChI=1S/C15H19F2NS/c1-4-18-8-15-10(5-9(2)3)11-6-12(16)13(17)7-14(11)19-15/h6-7,9,18H,4-5,8H2,1-3H3. The molecule has 0 saturated carbocycles. The van der Waals surface area contributed by atoms with Gasteiger partial charge in [0.2, 0.25) is 0 Å². The molecule has 2 rings (SSSR count). The third-order valence-electron chi connectivity index (χ3n) is 3.07. The van der Waals surface area contributed by atoms with Crippen LogP contribution in [0.5, 0.6) is 0 Å². The molecule has 104 valence electrons. The molecule has 0 bridgehead atoms. The van der Waals surface area contributed by atoms with Gasteiger partial charge in [0.05, 0.1) is 0 Å². The Kier molecular flexibility index (Phi) is 4.53. The second kappa shape index (κ2) is 5.97. The van der Waals surface area contributed by atoms with Gasteiger partial charge < -0.3 is 5.32 Å². The van der Waals surface area contributed by atoms with E-state index in [2.05, 4.69) is 26.1 Å². The number of hydrogen-bond donors (Lipinski definition) is 1. The summed E-state index contributed by atoms with van der Waals surface area (Å²) in [6.45, 7) is 7.98. The van der Waals surface area contributed by atoms with Crippen molar-refractivity contribution in [1.29, 1.82) is 0 Å². The second-order valence-corrected chi connectivity index (χ2v) is 6.28. The molecule has 0 spiro atoms. The molecule has 1 heterocycles. The molecule has 1 aromatic carbocycles. The van der Waals surface area contributed by atoms with Gasteiger partial charge in [-0.25, -0.2) is 8.78 Å². The molecule has 0 radical (unpaired) electrons. The average molecular weight is 283 g/mol. The first-order chi connectivity index (χ1) is 9.02. The van der Waals surface area contributed by atoms with Crippen LogP contribution in [0.1, 0.15) is 31.2 Å². The summed E-state index contributed by atoms with van der Waals surface area (Å²) in [6, 6.07) is 2.66. The first-order valence-corrected chi connectivity index (χ1v) is 7.44. The Hall–Kier alpha value is -1.00. The highest BCUT2D eigenvalue weighted by Crippen LogP contribution is 2.34. The third kappa shape index (κ3) is 3.12. The summed E-state index contributed by atoms with van der Waals surface area (Å²) in [5, 5.41) is 4.16. The molecule has 1 N–H and O–H groups in total. The maximum absolute atomic E-state index is 13.4. The van der Waals surface area contributed by atoms with Gasteiger partial charge in [0.1, 0.15) is 0 Å². The predicted molar refractivity (Wildman–Crippen MR) is 77.7 cm³/mol. The SMILES string of the molecule is CCNCc1sc2cc(F)c(F)cc2c1CC(C)C. The van der Waals surface area contributed by atoms with Gasteiger partial charge in [-0.2, -0.15) is 0 Å². The normalized spacial score (nSPS) is 11.7. The Morgan fingerprint density at radius 2 is 1.89 bits per heavy atom. The Morgan fingerprint density at radius 3 is 2.53 bits per heavy atom. The lowest BCUT2D eigenvalue weighted by atomic mass is 9.99. The number of rotatable bonds is 5. The summed E-state index contributed by atoms with van der Waals surface area (Å²) in [4.78, 5) is 1.19. The Labute approximate surface area is 116 Å². The van der Waals surface area contributed by atoms with Gasteiger partial charge in [0.25, 0.3) is 0 Å². The van der Waals surface area contributed by atoms with Crippen molar-refractivity contribution in [1.82, 2.24) is 5.32 Å². The molecule has 4 heteroatoms. The maximum Gasteiger partial charge on any atom is 0.160 e. The first-order valence-electron chi connectivity index (χ1n) is 6.63. The summed E-state index contributed by atoms with van der Waals surface area (Å²) in [7, 11) is 0. The van der Waals surface area contributed by atoms with Crippen LogP contribution >= 0.6 is 11.3 Å². The third-order valence-corrected chi connectivity index (χ3v) is 4.26. The van der Waals surface area contributed by atoms with Crippen LogP contribution in [0.25, 0.3) is 10.1 Å². The lowest BCUT2D eigenvalue weighted by Gasteiger charge is -2.08. The van der Waals surface area contributed by atoms with Crippen molar-refractivity contribution >= 4 is 21.4 Å². The Bertz CT molecular complexity index is 575. The molecule has 0 saturated heterocycles. The van der Waals surface area contributed by atoms with E-state index in [0.717, 1.165) is 35.2 Å². The molecular formula is C15H19F2NS. The van der Waals surface area contributed by atoms with E-state index in [-0.39, 0.29) is 0 Å². The van der Waals surface area contributed by atoms with Crippen molar-refractivity contribution in [3.05, 3.63) is 34.2 Å². The smallest absolute Gasteiger partial charge is 0.160 e. The van der Waals surface area contributed by atoms with Crippen molar-refractivity contribution in [3.63, 3.8) is 0 Å². The maximum atomic E-state index is 13.4. The van der Waals surface area contributed by atoms with E-state index in [4.69, 9.17) is 0 Å². The highest BCUT2D eigenvalue weighted by atomic mass is 32.1. The molecule has 0 aliphatic heterocycles. The minimum Gasteiger partial charge on any atom is -0.312 e. The van der Waals surface area contributed by atoms with Gasteiger partial charge in [0.15, 0.2) is 11.6 Å². The summed E-state index contributed by atoms with van der Waals surface area (Å²) >= 11 is 1.56. The summed E-state index contributed by atoms with van der Waals surface area (Å²) in [5.74, 6) is -1.03. The van der Waals surface area contributed by atoms with Gasteiger partial charge in [-0.3, -0.25) is 0 Å². The van der Waals surface area contributed by atoms with Crippen LogP contribution in [0.4, 0.5) is 8.78 Å². The molecule has 0 fully saturated rings. The van der Waals surface area contributed by atoms with E-state index in [1.54, 1.807) is 11.3 Å². The number of hydrogen-bond acceptors (Lipinski definition) is 2. The second-order valence-electron chi connectivity index (χ2n) is 5.14. The quantitative estimate of drug-likeness (QED) is 0.852. The fourth-order valence-electron chi connectivity index (χ4n) is 2.21. The minimum absolute atomic E-state index is 0.492. The predicted octanol–water partition coefficient (Wildman–Crippen LogP) is 4.49. The van der Waals surface area contributed by atoms with Crippen molar-refractivity contribution in [2.45, 2.75) is 33.7 Å². The molecule has 0 aliphatic carbocycles.